The molecule has 0 aliphatic heterocycles. The van der Waals surface area contributed by atoms with Crippen molar-refractivity contribution >= 4 is 43.7 Å². The zero-order valence-electron chi connectivity index (χ0n) is 31.1. The highest BCUT2D eigenvalue weighted by atomic mass is 16.3. The van der Waals surface area contributed by atoms with Crippen LogP contribution in [-0.2, 0) is 0 Å². The minimum Gasteiger partial charge on any atom is -0.455 e. The molecule has 0 aliphatic rings. The summed E-state index contributed by atoms with van der Waals surface area (Å²) in [6, 6.07) is 64.4. The van der Waals surface area contributed by atoms with Crippen LogP contribution in [-0.4, -0.2) is 19.5 Å². The molecule has 11 aromatic rings. The highest BCUT2D eigenvalue weighted by Crippen LogP contribution is 2.43. The first kappa shape index (κ1) is 30.8. The van der Waals surface area contributed by atoms with Crippen molar-refractivity contribution in [3.05, 3.63) is 194 Å². The third-order valence-corrected chi connectivity index (χ3v) is 10.6. The second kappa shape index (κ2) is 13.0. The van der Waals surface area contributed by atoms with Gasteiger partial charge in [0.1, 0.15) is 11.2 Å². The lowest BCUT2D eigenvalue weighted by Crippen LogP contribution is -2.04. The normalized spacial score (nSPS) is 11.8. The molecule has 0 spiro atoms. The molecule has 3 heterocycles. The molecule has 0 fully saturated rings. The van der Waals surface area contributed by atoms with Crippen molar-refractivity contribution in [3.8, 4) is 62.1 Å². The molecule has 11 rings (SSSR count). The molecule has 0 radical (unpaired) electrons. The van der Waals surface area contributed by atoms with Crippen LogP contribution in [0.25, 0.3) is 106 Å². The van der Waals surface area contributed by atoms with Crippen molar-refractivity contribution in [2.45, 2.75) is 0 Å². The van der Waals surface area contributed by atoms with Crippen molar-refractivity contribution in [2.24, 2.45) is 0 Å². The number of hydrogen-bond acceptors (Lipinski definition) is 4. The largest absolute Gasteiger partial charge is 0.455 e. The van der Waals surface area contributed by atoms with E-state index in [4.69, 9.17) is 20.7 Å². The quantitative estimate of drug-likeness (QED) is 0.172. The molecule has 0 amide bonds. The molecule has 0 bridgehead atoms. The Morgan fingerprint density at radius 1 is 0.411 bits per heavy atom. The summed E-state index contributed by atoms with van der Waals surface area (Å²) in [5, 5.41) is 4.23. The highest BCUT2D eigenvalue weighted by Gasteiger charge is 2.22. The van der Waals surface area contributed by atoms with E-state index in [9.17, 15) is 0 Å². The van der Waals surface area contributed by atoms with E-state index in [0.29, 0.717) is 23.5 Å². The average Bonchev–Trinajstić information content (AvgIpc) is 3.82. The number of rotatable bonds is 6. The predicted octanol–water partition coefficient (Wildman–Crippen LogP) is 13.2. The Morgan fingerprint density at radius 3 is 1.77 bits per heavy atom. The third-order valence-electron chi connectivity index (χ3n) is 10.6. The van der Waals surface area contributed by atoms with Gasteiger partial charge in [0.15, 0.2) is 17.5 Å². The van der Waals surface area contributed by atoms with E-state index in [2.05, 4.69) is 95.6 Å². The van der Waals surface area contributed by atoms with Crippen LogP contribution in [0.5, 0.6) is 0 Å². The number of fused-ring (bicyclic) bond motifs is 6. The predicted molar refractivity (Wildman–Crippen MR) is 229 cm³/mol. The monoisotopic (exact) mass is 717 g/mol. The van der Waals surface area contributed by atoms with E-state index < -0.39 is 0 Å². The van der Waals surface area contributed by atoms with Gasteiger partial charge in [-0.15, -0.1) is 0 Å². The number of nitrogens with zero attached hydrogens (tertiary/aromatic N) is 4. The van der Waals surface area contributed by atoms with Gasteiger partial charge in [0, 0.05) is 43.8 Å². The molecule has 5 nitrogen and oxygen atoms in total. The van der Waals surface area contributed by atoms with E-state index in [-0.39, 0.29) is 0 Å². The summed E-state index contributed by atoms with van der Waals surface area (Å²) in [6.07, 6.45) is 0. The van der Waals surface area contributed by atoms with Crippen molar-refractivity contribution in [2.75, 3.05) is 0 Å². The molecule has 0 unspecified atom stereocenters. The number of para-hydroxylation sites is 3. The summed E-state index contributed by atoms with van der Waals surface area (Å²) >= 11 is 0. The fourth-order valence-corrected chi connectivity index (χ4v) is 8.05. The molecule has 0 N–H and O–H groups in total. The summed E-state index contributed by atoms with van der Waals surface area (Å²) in [5.74, 6) is 1.74. The molecule has 8 aromatic carbocycles. The zero-order chi connectivity index (χ0) is 37.9. The molecule has 0 saturated carbocycles. The molecule has 0 aliphatic carbocycles. The first-order valence-corrected chi connectivity index (χ1v) is 18.7. The molecule has 3 aromatic heterocycles. The first-order chi connectivity index (χ1) is 28.2. The van der Waals surface area contributed by atoms with E-state index in [1.165, 1.54) is 0 Å². The van der Waals surface area contributed by atoms with Gasteiger partial charge in [-0.1, -0.05) is 164 Å². The summed E-state index contributed by atoms with van der Waals surface area (Å²) in [7, 11) is 0. The standard InChI is InChI=1S/C51H32N4O/c1-4-16-33(17-5-1)37-24-15-28-44-47(37)41-23-10-12-27-43(41)55(44)45-32-36(38-25-14-26-40-39-22-11-13-29-46(39)56-48(38)40)30-31-42(45)51-53-49(34-18-6-2-7-19-34)52-50(54-51)35-20-8-3-9-21-35/h1-32H/i10D. The smallest absolute Gasteiger partial charge is 0.166 e. The topological polar surface area (TPSA) is 56.7 Å². The second-order valence-electron chi connectivity index (χ2n) is 13.9. The van der Waals surface area contributed by atoms with E-state index in [1.807, 2.05) is 97.1 Å². The van der Waals surface area contributed by atoms with Gasteiger partial charge in [0.2, 0.25) is 0 Å². The summed E-state index contributed by atoms with van der Waals surface area (Å²) in [6.45, 7) is 0. The van der Waals surface area contributed by atoms with E-state index in [0.717, 1.165) is 88.4 Å². The lowest BCUT2D eigenvalue weighted by Gasteiger charge is -2.17. The molecule has 262 valence electrons. The minimum atomic E-state index is 0.451. The van der Waals surface area contributed by atoms with Crippen LogP contribution >= 0.6 is 0 Å². The summed E-state index contributed by atoms with van der Waals surface area (Å²) in [5.41, 5.74) is 11.4. The lowest BCUT2D eigenvalue weighted by molar-refractivity contribution is 0.670. The van der Waals surface area contributed by atoms with Gasteiger partial charge in [0.05, 0.1) is 18.1 Å². The van der Waals surface area contributed by atoms with Gasteiger partial charge in [-0.05, 0) is 47.0 Å². The van der Waals surface area contributed by atoms with E-state index >= 15 is 0 Å². The van der Waals surface area contributed by atoms with Crippen molar-refractivity contribution in [1.82, 2.24) is 19.5 Å². The number of hydrogen-bond donors (Lipinski definition) is 0. The molecule has 5 heteroatoms. The molecule has 0 atom stereocenters. The van der Waals surface area contributed by atoms with Gasteiger partial charge >= 0.3 is 0 Å². The van der Waals surface area contributed by atoms with Crippen LogP contribution in [0.3, 0.4) is 0 Å². The van der Waals surface area contributed by atoms with E-state index in [1.54, 1.807) is 0 Å². The van der Waals surface area contributed by atoms with Gasteiger partial charge in [0.25, 0.3) is 0 Å². The Hall–Kier alpha value is -7.63. The Labute approximate surface area is 324 Å². The van der Waals surface area contributed by atoms with Crippen LogP contribution in [0.2, 0.25) is 0 Å². The van der Waals surface area contributed by atoms with Crippen molar-refractivity contribution < 1.29 is 5.79 Å². The maximum atomic E-state index is 8.75. The maximum Gasteiger partial charge on any atom is 0.166 e. The van der Waals surface area contributed by atoms with Crippen LogP contribution in [0.4, 0.5) is 0 Å². The molecular weight excluding hydrogens is 685 g/mol. The lowest BCUT2D eigenvalue weighted by atomic mass is 9.99. The molecule has 0 saturated heterocycles. The SMILES string of the molecule is [2H]c1ccc2c(c1)c1c(-c3ccccc3)cccc1n2-c1cc(-c2cccc3c2oc2ccccc23)ccc1-c1nc(-c2ccccc2)nc(-c2ccccc2)n1. The fourth-order valence-electron chi connectivity index (χ4n) is 8.05. The van der Waals surface area contributed by atoms with Crippen LogP contribution in [0.15, 0.2) is 199 Å². The summed E-state index contributed by atoms with van der Waals surface area (Å²) in [4.78, 5) is 15.4. The summed E-state index contributed by atoms with van der Waals surface area (Å²) < 4.78 is 17.6. The first-order valence-electron chi connectivity index (χ1n) is 19.2. The fraction of sp³-hybridized carbons (Fsp3) is 0. The van der Waals surface area contributed by atoms with Crippen molar-refractivity contribution in [3.63, 3.8) is 0 Å². The number of aromatic nitrogens is 4. The minimum absolute atomic E-state index is 0.451. The third kappa shape index (κ3) is 5.21. The number of furan rings is 1. The molecule has 56 heavy (non-hydrogen) atoms. The maximum absolute atomic E-state index is 8.75. The van der Waals surface area contributed by atoms with Gasteiger partial charge < -0.3 is 8.98 Å². The Kier molecular flexibility index (Phi) is 7.17. The highest BCUT2D eigenvalue weighted by molar-refractivity contribution is 6.16. The van der Waals surface area contributed by atoms with Crippen LogP contribution in [0, 0.1) is 0 Å². The van der Waals surface area contributed by atoms with Crippen LogP contribution in [0.1, 0.15) is 1.37 Å². The Balaban J connectivity index is 1.25. The van der Waals surface area contributed by atoms with Gasteiger partial charge in [-0.25, -0.2) is 15.0 Å². The van der Waals surface area contributed by atoms with Crippen molar-refractivity contribution in [1.29, 1.82) is 0 Å². The van der Waals surface area contributed by atoms with Crippen LogP contribution < -0.4 is 0 Å². The Bertz CT molecular complexity index is 3240. The van der Waals surface area contributed by atoms with Gasteiger partial charge in [-0.3, -0.25) is 0 Å². The zero-order valence-corrected chi connectivity index (χ0v) is 30.1. The van der Waals surface area contributed by atoms with Gasteiger partial charge in [-0.2, -0.15) is 0 Å². The Morgan fingerprint density at radius 2 is 1.02 bits per heavy atom. The number of benzene rings is 8. The second-order valence-corrected chi connectivity index (χ2v) is 13.9. The molecular formula is C51H32N4O. The average molecular weight is 718 g/mol.